The minimum atomic E-state index is 0.178. The molecule has 5 heteroatoms. The van der Waals surface area contributed by atoms with E-state index in [1.54, 1.807) is 12.1 Å². The number of anilines is 1. The Morgan fingerprint density at radius 2 is 2.47 bits per heavy atom. The molecule has 2 atom stereocenters. The molecule has 0 aliphatic carbocycles. The van der Waals surface area contributed by atoms with Gasteiger partial charge >= 0.3 is 0 Å². The number of aromatic nitrogens is 1. The predicted octanol–water partition coefficient (Wildman–Crippen LogP) is 2.59. The van der Waals surface area contributed by atoms with Crippen molar-refractivity contribution >= 4 is 17.4 Å². The van der Waals surface area contributed by atoms with Crippen LogP contribution >= 0.6 is 11.6 Å². The van der Waals surface area contributed by atoms with E-state index in [0.717, 1.165) is 19.4 Å². The van der Waals surface area contributed by atoms with Crippen molar-refractivity contribution in [2.45, 2.75) is 31.9 Å². The van der Waals surface area contributed by atoms with Crippen LogP contribution in [0, 0.1) is 11.3 Å². The predicted molar refractivity (Wildman–Crippen MR) is 66.0 cm³/mol. The van der Waals surface area contributed by atoms with Gasteiger partial charge < -0.3 is 10.1 Å². The summed E-state index contributed by atoms with van der Waals surface area (Å²) in [5.41, 5.74) is 0.246. The molecule has 0 radical (unpaired) electrons. The Hall–Kier alpha value is -1.31. The maximum atomic E-state index is 8.84. The molecule has 2 rings (SSSR count). The SMILES string of the molecule is CC(Nc1ccc(Cl)c(C#N)n1)C1CCCO1. The van der Waals surface area contributed by atoms with Crippen LogP contribution in [-0.2, 0) is 4.74 Å². The third-order valence-electron chi connectivity index (χ3n) is 2.85. The summed E-state index contributed by atoms with van der Waals surface area (Å²) < 4.78 is 5.59. The first-order valence-electron chi connectivity index (χ1n) is 5.65. The van der Waals surface area contributed by atoms with Gasteiger partial charge in [-0.1, -0.05) is 11.6 Å². The molecule has 1 aliphatic rings. The summed E-state index contributed by atoms with van der Waals surface area (Å²) >= 11 is 5.82. The van der Waals surface area contributed by atoms with Crippen LogP contribution in [0.3, 0.4) is 0 Å². The fourth-order valence-corrected chi connectivity index (χ4v) is 2.07. The smallest absolute Gasteiger partial charge is 0.161 e. The van der Waals surface area contributed by atoms with Crippen LogP contribution in [0.25, 0.3) is 0 Å². The van der Waals surface area contributed by atoms with E-state index in [9.17, 15) is 0 Å². The molecule has 0 bridgehead atoms. The second kappa shape index (κ2) is 5.35. The highest BCUT2D eigenvalue weighted by atomic mass is 35.5. The lowest BCUT2D eigenvalue weighted by Crippen LogP contribution is -2.30. The molecule has 0 saturated carbocycles. The van der Waals surface area contributed by atoms with Crippen molar-refractivity contribution in [2.24, 2.45) is 0 Å². The standard InChI is InChI=1S/C12H14ClN3O/c1-8(11-3-2-6-17-11)15-12-5-4-9(13)10(7-14)16-12/h4-5,8,11H,2-3,6H2,1H3,(H,15,16). The van der Waals surface area contributed by atoms with Crippen LogP contribution < -0.4 is 5.32 Å². The van der Waals surface area contributed by atoms with Crippen LogP contribution in [0.15, 0.2) is 12.1 Å². The zero-order valence-electron chi connectivity index (χ0n) is 9.61. The van der Waals surface area contributed by atoms with Gasteiger partial charge in [0.2, 0.25) is 0 Å². The van der Waals surface area contributed by atoms with Gasteiger partial charge in [-0.15, -0.1) is 0 Å². The molecule has 17 heavy (non-hydrogen) atoms. The molecule has 1 fully saturated rings. The number of rotatable bonds is 3. The zero-order chi connectivity index (χ0) is 12.3. The van der Waals surface area contributed by atoms with E-state index in [4.69, 9.17) is 21.6 Å². The molecule has 0 amide bonds. The summed E-state index contributed by atoms with van der Waals surface area (Å²) in [5.74, 6) is 0.661. The van der Waals surface area contributed by atoms with Crippen LogP contribution in [-0.4, -0.2) is 23.7 Å². The largest absolute Gasteiger partial charge is 0.376 e. The summed E-state index contributed by atoms with van der Waals surface area (Å²) in [6.07, 6.45) is 2.39. The van der Waals surface area contributed by atoms with Gasteiger partial charge in [0.05, 0.1) is 17.2 Å². The lowest BCUT2D eigenvalue weighted by Gasteiger charge is -2.20. The van der Waals surface area contributed by atoms with Crippen LogP contribution in [0.5, 0.6) is 0 Å². The summed E-state index contributed by atoms with van der Waals surface area (Å²) in [5, 5.41) is 12.5. The van der Waals surface area contributed by atoms with E-state index < -0.39 is 0 Å². The Kier molecular flexibility index (Phi) is 3.82. The molecule has 2 unspecified atom stereocenters. The van der Waals surface area contributed by atoms with Crippen LogP contribution in [0.4, 0.5) is 5.82 Å². The van der Waals surface area contributed by atoms with Crippen molar-refractivity contribution in [2.75, 3.05) is 11.9 Å². The van der Waals surface area contributed by atoms with Crippen LogP contribution in [0.2, 0.25) is 5.02 Å². The molecule has 1 aromatic heterocycles. The summed E-state index contributed by atoms with van der Waals surface area (Å²) in [7, 11) is 0. The van der Waals surface area contributed by atoms with Gasteiger partial charge in [-0.3, -0.25) is 0 Å². The highest BCUT2D eigenvalue weighted by Crippen LogP contribution is 2.20. The van der Waals surface area contributed by atoms with Gasteiger partial charge in [0.15, 0.2) is 5.69 Å². The minimum absolute atomic E-state index is 0.178. The average molecular weight is 252 g/mol. The quantitative estimate of drug-likeness (QED) is 0.897. The first-order chi connectivity index (χ1) is 8.20. The topological polar surface area (TPSA) is 57.9 Å². The molecule has 1 aliphatic heterocycles. The number of hydrogen-bond acceptors (Lipinski definition) is 4. The monoisotopic (exact) mass is 251 g/mol. The molecule has 1 saturated heterocycles. The van der Waals surface area contributed by atoms with Gasteiger partial charge in [0.25, 0.3) is 0 Å². The summed E-state index contributed by atoms with van der Waals surface area (Å²) in [6, 6.07) is 5.59. The first-order valence-corrected chi connectivity index (χ1v) is 6.03. The number of nitrogens with one attached hydrogen (secondary N) is 1. The van der Waals surface area contributed by atoms with E-state index in [0.29, 0.717) is 10.8 Å². The highest BCUT2D eigenvalue weighted by Gasteiger charge is 2.22. The Bertz CT molecular complexity index is 438. The van der Waals surface area contributed by atoms with Gasteiger partial charge in [0, 0.05) is 6.61 Å². The maximum absolute atomic E-state index is 8.84. The van der Waals surface area contributed by atoms with Crippen molar-refractivity contribution < 1.29 is 4.74 Å². The Morgan fingerprint density at radius 3 is 3.12 bits per heavy atom. The molecule has 90 valence electrons. The van der Waals surface area contributed by atoms with E-state index in [1.807, 2.05) is 6.07 Å². The van der Waals surface area contributed by atoms with Gasteiger partial charge in [0.1, 0.15) is 11.9 Å². The lowest BCUT2D eigenvalue weighted by atomic mass is 10.1. The molecular weight excluding hydrogens is 238 g/mol. The van der Waals surface area contributed by atoms with Gasteiger partial charge in [-0.25, -0.2) is 4.98 Å². The Labute approximate surface area is 106 Å². The number of nitriles is 1. The third-order valence-corrected chi connectivity index (χ3v) is 3.16. The van der Waals surface area contributed by atoms with Crippen molar-refractivity contribution in [1.29, 1.82) is 5.26 Å². The van der Waals surface area contributed by atoms with Gasteiger partial charge in [-0.2, -0.15) is 5.26 Å². The van der Waals surface area contributed by atoms with Gasteiger partial charge in [-0.05, 0) is 31.9 Å². The second-order valence-electron chi connectivity index (χ2n) is 4.12. The fourth-order valence-electron chi connectivity index (χ4n) is 1.92. The third kappa shape index (κ3) is 2.87. The van der Waals surface area contributed by atoms with Crippen molar-refractivity contribution in [3.05, 3.63) is 22.8 Å². The normalized spacial score (nSPS) is 20.9. The molecule has 4 nitrogen and oxygen atoms in total. The minimum Gasteiger partial charge on any atom is -0.376 e. The maximum Gasteiger partial charge on any atom is 0.161 e. The summed E-state index contributed by atoms with van der Waals surface area (Å²) in [6.45, 7) is 2.88. The second-order valence-corrected chi connectivity index (χ2v) is 4.53. The lowest BCUT2D eigenvalue weighted by molar-refractivity contribution is 0.0995. The molecule has 2 heterocycles. The van der Waals surface area contributed by atoms with Crippen molar-refractivity contribution in [3.8, 4) is 6.07 Å². The van der Waals surface area contributed by atoms with E-state index in [2.05, 4.69) is 17.2 Å². The fraction of sp³-hybridized carbons (Fsp3) is 0.500. The molecule has 0 aromatic carbocycles. The summed E-state index contributed by atoms with van der Waals surface area (Å²) in [4.78, 5) is 4.14. The number of pyridine rings is 1. The molecule has 1 aromatic rings. The molecule has 1 N–H and O–H groups in total. The molecule has 0 spiro atoms. The Morgan fingerprint density at radius 1 is 1.65 bits per heavy atom. The van der Waals surface area contributed by atoms with E-state index in [-0.39, 0.29) is 17.8 Å². The van der Waals surface area contributed by atoms with Crippen molar-refractivity contribution in [3.63, 3.8) is 0 Å². The number of ether oxygens (including phenoxy) is 1. The molecular formula is C12H14ClN3O. The highest BCUT2D eigenvalue weighted by molar-refractivity contribution is 6.31. The number of halogens is 1. The van der Waals surface area contributed by atoms with E-state index >= 15 is 0 Å². The van der Waals surface area contributed by atoms with Crippen LogP contribution in [0.1, 0.15) is 25.5 Å². The van der Waals surface area contributed by atoms with E-state index in [1.165, 1.54) is 0 Å². The number of hydrogen-bond donors (Lipinski definition) is 1. The number of nitrogens with zero attached hydrogens (tertiary/aromatic N) is 2. The zero-order valence-corrected chi connectivity index (χ0v) is 10.4. The van der Waals surface area contributed by atoms with Crippen molar-refractivity contribution in [1.82, 2.24) is 4.98 Å². The Balaban J connectivity index is 2.05. The first kappa shape index (κ1) is 12.2. The average Bonchev–Trinajstić information content (AvgIpc) is 2.85.